The van der Waals surface area contributed by atoms with Gasteiger partial charge in [0, 0.05) is 0 Å². The van der Waals surface area contributed by atoms with E-state index in [0.29, 0.717) is 12.1 Å². The summed E-state index contributed by atoms with van der Waals surface area (Å²) in [6.07, 6.45) is 0.429. The zero-order valence-corrected chi connectivity index (χ0v) is 8.90. The topological polar surface area (TPSA) is 62.9 Å². The maximum Gasteiger partial charge on any atom is 0.275 e. The van der Waals surface area contributed by atoms with Gasteiger partial charge >= 0.3 is 0 Å². The minimum absolute atomic E-state index is 0.0348. The molecule has 2 aromatic heterocycles. The van der Waals surface area contributed by atoms with Gasteiger partial charge in [-0.15, -0.1) is 11.3 Å². The van der Waals surface area contributed by atoms with E-state index >= 15 is 0 Å². The first-order chi connectivity index (χ1) is 7.77. The number of hydrogen-bond acceptors (Lipinski definition) is 4. The van der Waals surface area contributed by atoms with Crippen molar-refractivity contribution >= 4 is 17.7 Å². The zero-order valence-electron chi connectivity index (χ0n) is 8.08. The van der Waals surface area contributed by atoms with E-state index in [-0.39, 0.29) is 5.56 Å². The molecule has 0 atom stereocenters. The van der Waals surface area contributed by atoms with Crippen LogP contribution < -0.4 is 5.56 Å². The molecule has 16 heavy (non-hydrogen) atoms. The van der Waals surface area contributed by atoms with Gasteiger partial charge in [-0.2, -0.15) is 5.26 Å². The van der Waals surface area contributed by atoms with Crippen LogP contribution in [-0.2, 0) is 4.79 Å². The Morgan fingerprint density at radius 3 is 2.75 bits per heavy atom. The van der Waals surface area contributed by atoms with Crippen molar-refractivity contribution < 1.29 is 4.79 Å². The number of pyridine rings is 1. The highest BCUT2D eigenvalue weighted by atomic mass is 32.1. The average Bonchev–Trinajstić information content (AvgIpc) is 2.82. The second-order valence-corrected chi connectivity index (χ2v) is 3.95. The summed E-state index contributed by atoms with van der Waals surface area (Å²) in [5.74, 6) is 0. The van der Waals surface area contributed by atoms with Crippen LogP contribution in [0.2, 0.25) is 0 Å². The molecule has 2 rings (SSSR count). The van der Waals surface area contributed by atoms with Crippen molar-refractivity contribution in [3.05, 3.63) is 45.6 Å². The first-order valence-electron chi connectivity index (χ1n) is 4.42. The average molecular weight is 230 g/mol. The lowest BCUT2D eigenvalue weighted by atomic mass is 10.2. The monoisotopic (exact) mass is 230 g/mol. The fourth-order valence-electron chi connectivity index (χ4n) is 1.37. The van der Waals surface area contributed by atoms with Crippen molar-refractivity contribution in [2.45, 2.75) is 0 Å². The van der Waals surface area contributed by atoms with Crippen molar-refractivity contribution in [2.24, 2.45) is 0 Å². The quantitative estimate of drug-likeness (QED) is 0.734. The maximum absolute atomic E-state index is 11.7. The van der Waals surface area contributed by atoms with Crippen LogP contribution in [0.1, 0.15) is 5.56 Å². The van der Waals surface area contributed by atoms with Gasteiger partial charge in [0.2, 0.25) is 6.41 Å². The number of aromatic nitrogens is 1. The zero-order chi connectivity index (χ0) is 11.5. The van der Waals surface area contributed by atoms with Gasteiger partial charge in [0.1, 0.15) is 11.6 Å². The van der Waals surface area contributed by atoms with Gasteiger partial charge in [-0.1, -0.05) is 6.07 Å². The van der Waals surface area contributed by atoms with Crippen LogP contribution in [0.15, 0.2) is 34.4 Å². The van der Waals surface area contributed by atoms with E-state index in [1.165, 1.54) is 17.4 Å². The summed E-state index contributed by atoms with van der Waals surface area (Å²) in [5, 5.41) is 10.5. The van der Waals surface area contributed by atoms with E-state index in [1.54, 1.807) is 12.1 Å². The fourth-order valence-corrected chi connectivity index (χ4v) is 2.12. The largest absolute Gasteiger partial charge is 0.278 e. The molecule has 0 spiro atoms. The first-order valence-corrected chi connectivity index (χ1v) is 5.30. The molecule has 0 aromatic carbocycles. The summed E-state index contributed by atoms with van der Waals surface area (Å²) >= 11 is 1.43. The van der Waals surface area contributed by atoms with Crippen molar-refractivity contribution in [1.29, 1.82) is 5.26 Å². The van der Waals surface area contributed by atoms with Gasteiger partial charge in [0.05, 0.1) is 10.6 Å². The lowest BCUT2D eigenvalue weighted by Gasteiger charge is -2.04. The van der Waals surface area contributed by atoms with E-state index in [1.807, 2.05) is 17.5 Å². The lowest BCUT2D eigenvalue weighted by molar-refractivity contribution is 0.546. The van der Waals surface area contributed by atoms with E-state index in [0.717, 1.165) is 9.44 Å². The van der Waals surface area contributed by atoms with Crippen LogP contribution in [0, 0.1) is 11.3 Å². The standard InChI is InChI=1S/C11H6N2O2S/c12-6-8-3-4-9(10-2-1-5-16-10)13(7-14)11(8)15/h1-5,7H. The number of thiophene rings is 1. The van der Waals surface area contributed by atoms with Crippen molar-refractivity contribution in [2.75, 3.05) is 0 Å². The Morgan fingerprint density at radius 2 is 2.19 bits per heavy atom. The summed E-state index contributed by atoms with van der Waals surface area (Å²) in [6, 6.07) is 8.42. The molecule has 0 aliphatic heterocycles. The summed E-state index contributed by atoms with van der Waals surface area (Å²) in [6.45, 7) is 0. The molecular weight excluding hydrogens is 224 g/mol. The van der Waals surface area contributed by atoms with Crippen LogP contribution in [0.4, 0.5) is 0 Å². The predicted molar refractivity (Wildman–Crippen MR) is 60.9 cm³/mol. The highest BCUT2D eigenvalue weighted by Crippen LogP contribution is 2.22. The highest BCUT2D eigenvalue weighted by Gasteiger charge is 2.09. The van der Waals surface area contributed by atoms with E-state index in [4.69, 9.17) is 5.26 Å². The molecule has 0 saturated heterocycles. The van der Waals surface area contributed by atoms with E-state index < -0.39 is 5.56 Å². The molecule has 0 amide bonds. The Kier molecular flexibility index (Phi) is 2.66. The molecule has 0 aliphatic rings. The Morgan fingerprint density at radius 1 is 1.38 bits per heavy atom. The second kappa shape index (κ2) is 4.13. The predicted octanol–water partition coefficient (Wildman–Crippen LogP) is 1.49. The third kappa shape index (κ3) is 1.55. The van der Waals surface area contributed by atoms with Crippen molar-refractivity contribution in [1.82, 2.24) is 4.57 Å². The fraction of sp³-hybridized carbons (Fsp3) is 0. The molecule has 0 fully saturated rings. The minimum Gasteiger partial charge on any atom is -0.278 e. The van der Waals surface area contributed by atoms with Gasteiger partial charge in [-0.3, -0.25) is 9.59 Å². The SMILES string of the molecule is N#Cc1ccc(-c2cccs2)n(C=O)c1=O. The molecule has 5 heteroatoms. The number of nitrogens with zero attached hydrogens (tertiary/aromatic N) is 2. The van der Waals surface area contributed by atoms with Gasteiger partial charge in [-0.05, 0) is 23.6 Å². The highest BCUT2D eigenvalue weighted by molar-refractivity contribution is 7.13. The summed E-state index contributed by atoms with van der Waals surface area (Å²) in [7, 11) is 0. The first kappa shape index (κ1) is 10.3. The normalized spacial score (nSPS) is 9.69. The van der Waals surface area contributed by atoms with Crippen LogP contribution in [-0.4, -0.2) is 11.0 Å². The molecule has 0 N–H and O–H groups in total. The molecule has 0 aliphatic carbocycles. The molecule has 0 radical (unpaired) electrons. The third-order valence-electron chi connectivity index (χ3n) is 2.12. The van der Waals surface area contributed by atoms with Crippen LogP contribution in [0.25, 0.3) is 10.6 Å². The molecule has 2 heterocycles. The molecule has 0 saturated carbocycles. The number of carbonyl (C=O) groups is 1. The Hall–Kier alpha value is -2.19. The van der Waals surface area contributed by atoms with E-state index in [2.05, 4.69) is 0 Å². The van der Waals surface area contributed by atoms with Crippen LogP contribution in [0.3, 0.4) is 0 Å². The van der Waals surface area contributed by atoms with Gasteiger partial charge in [0.15, 0.2) is 0 Å². The van der Waals surface area contributed by atoms with Gasteiger partial charge in [0.25, 0.3) is 5.56 Å². The third-order valence-corrected chi connectivity index (χ3v) is 3.01. The summed E-state index contributed by atoms with van der Waals surface area (Å²) in [4.78, 5) is 23.3. The molecular formula is C11H6N2O2S. The molecule has 2 aromatic rings. The van der Waals surface area contributed by atoms with Crippen molar-refractivity contribution in [3.63, 3.8) is 0 Å². The Labute approximate surface area is 95.0 Å². The molecule has 4 nitrogen and oxygen atoms in total. The number of nitriles is 1. The van der Waals surface area contributed by atoms with Crippen LogP contribution in [0.5, 0.6) is 0 Å². The number of hydrogen-bond donors (Lipinski definition) is 0. The van der Waals surface area contributed by atoms with E-state index in [9.17, 15) is 9.59 Å². The van der Waals surface area contributed by atoms with Gasteiger partial charge < -0.3 is 0 Å². The molecule has 0 bridgehead atoms. The minimum atomic E-state index is -0.580. The van der Waals surface area contributed by atoms with Crippen LogP contribution >= 0.6 is 11.3 Å². The molecule has 78 valence electrons. The Bertz CT molecular complexity index is 620. The Balaban J connectivity index is 2.75. The lowest BCUT2D eigenvalue weighted by Crippen LogP contribution is -2.23. The van der Waals surface area contributed by atoms with Gasteiger partial charge in [-0.25, -0.2) is 4.57 Å². The maximum atomic E-state index is 11.7. The van der Waals surface area contributed by atoms with Crippen molar-refractivity contribution in [3.8, 4) is 16.6 Å². The molecule has 0 unspecified atom stereocenters. The number of rotatable bonds is 2. The number of carbonyl (C=O) groups excluding carboxylic acids is 1. The second-order valence-electron chi connectivity index (χ2n) is 3.00. The summed E-state index contributed by atoms with van der Waals surface area (Å²) in [5.41, 5.74) is -0.107. The smallest absolute Gasteiger partial charge is 0.275 e. The summed E-state index contributed by atoms with van der Waals surface area (Å²) < 4.78 is 0.949.